The quantitative estimate of drug-likeness (QED) is 0.195. The molecule has 6 heterocycles. The summed E-state index contributed by atoms with van der Waals surface area (Å²) in [7, 11) is 0. The van der Waals surface area contributed by atoms with E-state index in [1.807, 2.05) is 6.92 Å². The van der Waals surface area contributed by atoms with Gasteiger partial charge in [0, 0.05) is 52.4 Å². The molecule has 4 aliphatic heterocycles. The predicted octanol–water partition coefficient (Wildman–Crippen LogP) is 4.50. The lowest BCUT2D eigenvalue weighted by Gasteiger charge is -2.35. The smallest absolute Gasteiger partial charge is 0.344 e. The summed E-state index contributed by atoms with van der Waals surface area (Å²) in [6.45, 7) is 9.69. The first kappa shape index (κ1) is 36.1. The zero-order valence-electron chi connectivity index (χ0n) is 28.3. The fourth-order valence-corrected chi connectivity index (χ4v) is 9.38. The Kier molecular flexibility index (Phi) is 9.68. The van der Waals surface area contributed by atoms with Gasteiger partial charge in [-0.25, -0.2) is 27.2 Å². The lowest BCUT2D eigenvalue weighted by Crippen LogP contribution is -2.44. The average molecular weight is 763 g/mol. The molecule has 0 amide bonds. The van der Waals surface area contributed by atoms with Crippen molar-refractivity contribution in [3.8, 4) is 0 Å². The molecule has 0 spiro atoms. The number of fused-ring (bicyclic) bond motifs is 6. The number of aromatic carboxylic acids is 1. The van der Waals surface area contributed by atoms with Crippen LogP contribution >= 0.6 is 23.5 Å². The SMILES string of the molecule is CC1Sc2c(C(=O)O)c(=O)c3cc(F)c(N4CCNCC4)c(F)c3n21.CCOC(=O)c1c2n(c3c(F)c(N4CCNCC4)c(F)cc3c1=O)C(C)S2. The number of aromatic nitrogens is 2. The van der Waals surface area contributed by atoms with Gasteiger partial charge in [-0.3, -0.25) is 9.59 Å². The number of pyridine rings is 2. The topological polar surface area (TPSA) is 138 Å². The fourth-order valence-electron chi connectivity index (χ4n) is 7.11. The van der Waals surface area contributed by atoms with Gasteiger partial charge in [0.15, 0.2) is 11.6 Å². The van der Waals surface area contributed by atoms with Crippen LogP contribution in [0.25, 0.3) is 21.8 Å². The Morgan fingerprint density at radius 1 is 0.769 bits per heavy atom. The number of ether oxygens (including phenoxy) is 1. The summed E-state index contributed by atoms with van der Waals surface area (Å²) < 4.78 is 68.2. The molecule has 0 radical (unpaired) electrons. The van der Waals surface area contributed by atoms with E-state index in [1.165, 1.54) is 28.1 Å². The van der Waals surface area contributed by atoms with E-state index in [0.29, 0.717) is 57.4 Å². The highest BCUT2D eigenvalue weighted by atomic mass is 32.2. The molecule has 2 fully saturated rings. The van der Waals surface area contributed by atoms with E-state index in [4.69, 9.17) is 4.74 Å². The van der Waals surface area contributed by atoms with Gasteiger partial charge in [0.25, 0.3) is 0 Å². The van der Waals surface area contributed by atoms with E-state index in [2.05, 4.69) is 10.6 Å². The molecule has 8 rings (SSSR count). The van der Waals surface area contributed by atoms with Gasteiger partial charge in [-0.15, -0.1) is 0 Å². The first-order valence-electron chi connectivity index (χ1n) is 16.7. The van der Waals surface area contributed by atoms with Gasteiger partial charge < -0.3 is 39.4 Å². The summed E-state index contributed by atoms with van der Waals surface area (Å²) in [5.41, 5.74) is -2.38. The molecule has 2 saturated heterocycles. The summed E-state index contributed by atoms with van der Waals surface area (Å²) in [4.78, 5) is 52.3. The number of thioether (sulfide) groups is 2. The van der Waals surface area contributed by atoms with Crippen molar-refractivity contribution in [1.82, 2.24) is 19.8 Å². The third kappa shape index (κ3) is 5.70. The van der Waals surface area contributed by atoms with Gasteiger partial charge in [0.05, 0.1) is 49.2 Å². The normalized spacial score (nSPS) is 19.3. The molecular formula is C34H34F4N6O6S2. The third-order valence-electron chi connectivity index (χ3n) is 9.48. The summed E-state index contributed by atoms with van der Waals surface area (Å²) in [6, 6.07) is 2.01. The molecule has 2 aromatic carbocycles. The summed E-state index contributed by atoms with van der Waals surface area (Å²) in [6.07, 6.45) is 0. The summed E-state index contributed by atoms with van der Waals surface area (Å²) in [5.74, 6) is -5.36. The number of carbonyl (C=O) groups is 2. The zero-order chi connectivity index (χ0) is 37.2. The molecule has 2 unspecified atom stereocenters. The Hall–Kier alpha value is -4.26. The van der Waals surface area contributed by atoms with E-state index >= 15 is 8.78 Å². The maximum atomic E-state index is 15.4. The van der Waals surface area contributed by atoms with Crippen LogP contribution in [-0.2, 0) is 4.74 Å². The van der Waals surface area contributed by atoms with Crippen molar-refractivity contribution in [1.29, 1.82) is 0 Å². The molecule has 2 aromatic heterocycles. The molecule has 3 N–H and O–H groups in total. The number of rotatable bonds is 5. The number of halogens is 4. The number of benzene rings is 2. The third-order valence-corrected chi connectivity index (χ3v) is 11.8. The predicted molar refractivity (Wildman–Crippen MR) is 190 cm³/mol. The molecule has 276 valence electrons. The minimum Gasteiger partial charge on any atom is -0.477 e. The number of carbonyl (C=O) groups excluding carboxylic acids is 1. The van der Waals surface area contributed by atoms with Crippen LogP contribution in [0.2, 0.25) is 0 Å². The second kappa shape index (κ2) is 13.9. The molecule has 52 heavy (non-hydrogen) atoms. The van der Waals surface area contributed by atoms with Gasteiger partial charge in [0.1, 0.15) is 34.1 Å². The van der Waals surface area contributed by atoms with Crippen LogP contribution in [0.15, 0.2) is 31.8 Å². The Labute approximate surface area is 302 Å². The number of carboxylic acid groups (broad SMARTS) is 1. The van der Waals surface area contributed by atoms with Crippen molar-refractivity contribution in [2.45, 2.75) is 41.6 Å². The minimum absolute atomic E-state index is 0.0221. The monoisotopic (exact) mass is 762 g/mol. The van der Waals surface area contributed by atoms with E-state index < -0.39 is 51.6 Å². The molecule has 2 atom stereocenters. The highest BCUT2D eigenvalue weighted by molar-refractivity contribution is 8.00. The summed E-state index contributed by atoms with van der Waals surface area (Å²) in [5, 5.41) is 15.4. The highest BCUT2D eigenvalue weighted by Gasteiger charge is 2.37. The van der Waals surface area contributed by atoms with Crippen molar-refractivity contribution in [2.24, 2.45) is 0 Å². The van der Waals surface area contributed by atoms with E-state index in [9.17, 15) is 33.1 Å². The van der Waals surface area contributed by atoms with Gasteiger partial charge in [-0.05, 0) is 32.9 Å². The Morgan fingerprint density at radius 2 is 1.17 bits per heavy atom. The van der Waals surface area contributed by atoms with Gasteiger partial charge in [-0.1, -0.05) is 23.5 Å². The van der Waals surface area contributed by atoms with Crippen molar-refractivity contribution < 1.29 is 37.0 Å². The number of esters is 1. The van der Waals surface area contributed by atoms with Gasteiger partial charge >= 0.3 is 11.9 Å². The van der Waals surface area contributed by atoms with Crippen LogP contribution < -0.4 is 31.3 Å². The van der Waals surface area contributed by atoms with Crippen molar-refractivity contribution in [2.75, 3.05) is 68.8 Å². The van der Waals surface area contributed by atoms with E-state index in [1.54, 1.807) is 28.2 Å². The largest absolute Gasteiger partial charge is 0.477 e. The standard InChI is InChI=1S/C18H19F2N3O3S.C16H15F2N3O3S/c1-3-26-18(25)12-16(24)10-8-11(19)15(22-6-4-21-5-7-22)13(20)14(10)23-9(2)27-17(12)23;1-7-21-12-8(14(22)10(16(23)24)15(21)25-7)6-9(17)13(11(12)18)20-4-2-19-3-5-20/h8-9,21H,3-7H2,1-2H3;6-7,19H,2-5H2,1H3,(H,23,24). The number of hydrogen-bond acceptors (Lipinski definition) is 11. The average Bonchev–Trinajstić information content (AvgIpc) is 3.10. The fraction of sp³-hybridized carbons (Fsp3) is 0.412. The summed E-state index contributed by atoms with van der Waals surface area (Å²) >= 11 is 2.49. The Morgan fingerprint density at radius 3 is 1.56 bits per heavy atom. The molecule has 0 bridgehead atoms. The molecule has 0 aliphatic carbocycles. The first-order chi connectivity index (χ1) is 24.9. The highest BCUT2D eigenvalue weighted by Crippen LogP contribution is 2.49. The maximum Gasteiger partial charge on any atom is 0.344 e. The number of hydrogen-bond donors (Lipinski definition) is 3. The molecule has 4 aliphatic rings. The van der Waals surface area contributed by atoms with Crippen molar-refractivity contribution >= 4 is 68.6 Å². The van der Waals surface area contributed by atoms with Crippen LogP contribution in [0.1, 0.15) is 52.2 Å². The zero-order valence-corrected chi connectivity index (χ0v) is 29.9. The van der Waals surface area contributed by atoms with Crippen LogP contribution in [0.4, 0.5) is 28.9 Å². The van der Waals surface area contributed by atoms with Crippen molar-refractivity contribution in [3.05, 3.63) is 67.0 Å². The van der Waals surface area contributed by atoms with E-state index in [0.717, 1.165) is 12.1 Å². The van der Waals surface area contributed by atoms with Crippen LogP contribution in [0, 0.1) is 23.3 Å². The van der Waals surface area contributed by atoms with Crippen LogP contribution in [-0.4, -0.2) is 85.1 Å². The van der Waals surface area contributed by atoms with Gasteiger partial charge in [-0.2, -0.15) is 0 Å². The lowest BCUT2D eigenvalue weighted by molar-refractivity contribution is 0.0517. The lowest BCUT2D eigenvalue weighted by atomic mass is 10.1. The Balaban J connectivity index is 0.000000162. The molecule has 12 nitrogen and oxygen atoms in total. The van der Waals surface area contributed by atoms with E-state index in [-0.39, 0.29) is 61.1 Å². The molecular weight excluding hydrogens is 729 g/mol. The second-order valence-electron chi connectivity index (χ2n) is 12.5. The molecule has 4 aromatic rings. The van der Waals surface area contributed by atoms with Crippen molar-refractivity contribution in [3.63, 3.8) is 0 Å². The van der Waals surface area contributed by atoms with Gasteiger partial charge in [0.2, 0.25) is 10.9 Å². The first-order valence-corrected chi connectivity index (χ1v) is 18.5. The number of nitrogens with zero attached hydrogens (tertiary/aromatic N) is 4. The van der Waals surface area contributed by atoms with Crippen LogP contribution in [0.3, 0.4) is 0 Å². The number of carboxylic acids is 1. The number of piperazine rings is 2. The number of anilines is 2. The second-order valence-corrected chi connectivity index (χ2v) is 15.1. The maximum absolute atomic E-state index is 15.4. The molecule has 18 heteroatoms. The van der Waals surface area contributed by atoms with Crippen LogP contribution in [0.5, 0.6) is 0 Å². The minimum atomic E-state index is -1.39. The Bertz CT molecular complexity index is 2290. The number of nitrogens with one attached hydrogen (secondary N) is 2. The molecule has 0 saturated carbocycles.